The van der Waals surface area contributed by atoms with Crippen LogP contribution in [0.25, 0.3) is 11.1 Å². The molecule has 25 heavy (non-hydrogen) atoms. The van der Waals surface area contributed by atoms with E-state index in [-0.39, 0.29) is 11.7 Å². The zero-order valence-electron chi connectivity index (χ0n) is 13.3. The highest BCUT2D eigenvalue weighted by Gasteiger charge is 2.23. The minimum absolute atomic E-state index is 0.165. The van der Waals surface area contributed by atoms with Crippen LogP contribution in [0, 0.1) is 0 Å². The van der Waals surface area contributed by atoms with Crippen molar-refractivity contribution >= 4 is 11.6 Å². The van der Waals surface area contributed by atoms with Crippen molar-refractivity contribution in [3.05, 3.63) is 76.2 Å². The maximum absolute atomic E-state index is 11.2. The van der Waals surface area contributed by atoms with Gasteiger partial charge in [-0.3, -0.25) is 9.36 Å². The van der Waals surface area contributed by atoms with Crippen molar-refractivity contribution in [1.82, 2.24) is 9.55 Å². The van der Waals surface area contributed by atoms with Gasteiger partial charge in [-0.15, -0.1) is 0 Å². The molecule has 0 fully saturated rings. The predicted molar refractivity (Wildman–Crippen MR) is 95.3 cm³/mol. The Labute approximate surface area is 149 Å². The highest BCUT2D eigenvalue weighted by molar-refractivity contribution is 6.30. The summed E-state index contributed by atoms with van der Waals surface area (Å²) in [5.41, 5.74) is 1.83. The summed E-state index contributed by atoms with van der Waals surface area (Å²) in [7, 11) is 0. The van der Waals surface area contributed by atoms with E-state index in [4.69, 9.17) is 21.1 Å². The first-order valence-electron chi connectivity index (χ1n) is 7.90. The Morgan fingerprint density at radius 2 is 2.00 bits per heavy atom. The standard InChI is InChI=1S/C19H15ClN2O3/c20-15-3-1-2-14(10-15)13-4-6-16(7-5-13)24-12-17-11-22-9-8-18(23)21-19(22)25-17/h1-10,17H,11-12H2/t17-/m0/s1. The van der Waals surface area contributed by atoms with E-state index in [9.17, 15) is 4.79 Å². The molecule has 4 rings (SSSR count). The summed E-state index contributed by atoms with van der Waals surface area (Å²) in [5.74, 6) is 0.757. The van der Waals surface area contributed by atoms with Crippen LogP contribution in [0.1, 0.15) is 0 Å². The molecule has 5 nitrogen and oxygen atoms in total. The summed E-state index contributed by atoms with van der Waals surface area (Å²) in [5, 5.41) is 0.711. The first kappa shape index (κ1) is 15.7. The molecule has 1 atom stereocenters. The Morgan fingerprint density at radius 3 is 2.80 bits per heavy atom. The van der Waals surface area contributed by atoms with E-state index >= 15 is 0 Å². The molecule has 0 N–H and O–H groups in total. The molecule has 0 unspecified atom stereocenters. The molecule has 2 heterocycles. The lowest BCUT2D eigenvalue weighted by Gasteiger charge is -2.11. The Bertz CT molecular complexity index is 953. The van der Waals surface area contributed by atoms with Crippen molar-refractivity contribution in [2.75, 3.05) is 6.61 Å². The molecular weight excluding hydrogens is 340 g/mol. The number of fused-ring (bicyclic) bond motifs is 1. The summed E-state index contributed by atoms with van der Waals surface area (Å²) < 4.78 is 13.2. The SMILES string of the molecule is O=c1ccn2c(n1)O[C@H](COc1ccc(-c3cccc(Cl)c3)cc1)C2. The molecule has 1 aliphatic rings. The second kappa shape index (κ2) is 6.61. The largest absolute Gasteiger partial charge is 0.490 e. The Hall–Kier alpha value is -2.79. The van der Waals surface area contributed by atoms with Gasteiger partial charge in [-0.25, -0.2) is 0 Å². The molecule has 1 aromatic heterocycles. The molecule has 1 aliphatic heterocycles. The smallest absolute Gasteiger partial charge is 0.300 e. The van der Waals surface area contributed by atoms with Gasteiger partial charge in [0, 0.05) is 17.3 Å². The fraction of sp³-hybridized carbons (Fsp3) is 0.158. The first-order chi connectivity index (χ1) is 12.2. The van der Waals surface area contributed by atoms with Gasteiger partial charge in [0.15, 0.2) is 6.10 Å². The minimum atomic E-state index is -0.301. The Balaban J connectivity index is 1.39. The molecule has 0 amide bonds. The van der Waals surface area contributed by atoms with Crippen LogP contribution < -0.4 is 15.0 Å². The highest BCUT2D eigenvalue weighted by Crippen LogP contribution is 2.25. The maximum Gasteiger partial charge on any atom is 0.300 e. The lowest BCUT2D eigenvalue weighted by Crippen LogP contribution is -2.23. The fourth-order valence-electron chi connectivity index (χ4n) is 2.74. The Kier molecular flexibility index (Phi) is 4.15. The number of nitrogens with zero attached hydrogens (tertiary/aromatic N) is 2. The van der Waals surface area contributed by atoms with Gasteiger partial charge in [-0.05, 0) is 35.4 Å². The van der Waals surface area contributed by atoms with Gasteiger partial charge in [0.25, 0.3) is 11.6 Å². The quantitative estimate of drug-likeness (QED) is 0.720. The molecule has 0 saturated carbocycles. The summed E-state index contributed by atoms with van der Waals surface area (Å²) in [6.45, 7) is 0.997. The first-order valence-corrected chi connectivity index (χ1v) is 8.28. The van der Waals surface area contributed by atoms with Gasteiger partial charge in [0.1, 0.15) is 12.4 Å². The van der Waals surface area contributed by atoms with E-state index in [2.05, 4.69) is 4.98 Å². The topological polar surface area (TPSA) is 53.4 Å². The van der Waals surface area contributed by atoms with Crippen molar-refractivity contribution in [3.63, 3.8) is 0 Å². The predicted octanol–water partition coefficient (Wildman–Crippen LogP) is 3.40. The van der Waals surface area contributed by atoms with E-state index in [1.165, 1.54) is 6.07 Å². The van der Waals surface area contributed by atoms with Gasteiger partial charge in [0.2, 0.25) is 0 Å². The van der Waals surface area contributed by atoms with E-state index in [1.54, 1.807) is 10.8 Å². The molecule has 6 heteroatoms. The van der Waals surface area contributed by atoms with Crippen molar-refractivity contribution in [2.24, 2.45) is 0 Å². The molecule has 126 valence electrons. The van der Waals surface area contributed by atoms with Gasteiger partial charge in [-0.1, -0.05) is 35.9 Å². The number of halogens is 1. The maximum atomic E-state index is 11.2. The van der Waals surface area contributed by atoms with Crippen LogP contribution in [-0.4, -0.2) is 22.3 Å². The summed E-state index contributed by atoms with van der Waals surface area (Å²) in [6.07, 6.45) is 1.52. The lowest BCUT2D eigenvalue weighted by molar-refractivity contribution is 0.143. The molecule has 0 radical (unpaired) electrons. The van der Waals surface area contributed by atoms with Gasteiger partial charge in [-0.2, -0.15) is 4.98 Å². The fourth-order valence-corrected chi connectivity index (χ4v) is 2.93. The Morgan fingerprint density at radius 1 is 1.16 bits per heavy atom. The second-order valence-electron chi connectivity index (χ2n) is 5.79. The summed E-state index contributed by atoms with van der Waals surface area (Å²) in [6, 6.07) is 17.3. The normalized spacial score (nSPS) is 15.5. The van der Waals surface area contributed by atoms with Crippen molar-refractivity contribution in [3.8, 4) is 22.9 Å². The number of aromatic nitrogens is 2. The molecule has 0 bridgehead atoms. The molecule has 0 aliphatic carbocycles. The van der Waals surface area contributed by atoms with Crippen LogP contribution in [0.3, 0.4) is 0 Å². The number of benzene rings is 2. The average molecular weight is 355 g/mol. The van der Waals surface area contributed by atoms with Crippen molar-refractivity contribution in [1.29, 1.82) is 0 Å². The second-order valence-corrected chi connectivity index (χ2v) is 6.22. The van der Waals surface area contributed by atoms with Gasteiger partial charge >= 0.3 is 0 Å². The molecule has 3 aromatic rings. The molecule has 0 saturated heterocycles. The van der Waals surface area contributed by atoms with Crippen LogP contribution >= 0.6 is 11.6 Å². The van der Waals surface area contributed by atoms with E-state index < -0.39 is 0 Å². The van der Waals surface area contributed by atoms with E-state index in [0.717, 1.165) is 16.9 Å². The lowest BCUT2D eigenvalue weighted by atomic mass is 10.1. The minimum Gasteiger partial charge on any atom is -0.490 e. The number of hydrogen-bond acceptors (Lipinski definition) is 4. The van der Waals surface area contributed by atoms with Crippen LogP contribution in [-0.2, 0) is 6.54 Å². The average Bonchev–Trinajstić information content (AvgIpc) is 3.02. The molecule has 2 aromatic carbocycles. The third-order valence-electron chi connectivity index (χ3n) is 3.97. The zero-order chi connectivity index (χ0) is 17.2. The van der Waals surface area contributed by atoms with E-state index in [1.807, 2.05) is 48.5 Å². The van der Waals surface area contributed by atoms with Crippen LogP contribution in [0.2, 0.25) is 5.02 Å². The number of ether oxygens (including phenoxy) is 2. The van der Waals surface area contributed by atoms with Crippen molar-refractivity contribution < 1.29 is 9.47 Å². The monoisotopic (exact) mass is 354 g/mol. The summed E-state index contributed by atoms with van der Waals surface area (Å²) in [4.78, 5) is 15.1. The van der Waals surface area contributed by atoms with Crippen LogP contribution in [0.5, 0.6) is 11.8 Å². The number of rotatable bonds is 4. The van der Waals surface area contributed by atoms with Crippen molar-refractivity contribution in [2.45, 2.75) is 12.6 Å². The highest BCUT2D eigenvalue weighted by atomic mass is 35.5. The van der Waals surface area contributed by atoms with Gasteiger partial charge < -0.3 is 9.47 Å². The third kappa shape index (κ3) is 3.51. The van der Waals surface area contributed by atoms with Gasteiger partial charge in [0.05, 0.1) is 6.54 Å². The third-order valence-corrected chi connectivity index (χ3v) is 4.20. The van der Waals surface area contributed by atoms with Crippen LogP contribution in [0.15, 0.2) is 65.6 Å². The zero-order valence-corrected chi connectivity index (χ0v) is 14.0. The van der Waals surface area contributed by atoms with E-state index in [0.29, 0.717) is 24.2 Å². The molecular formula is C19H15ClN2O3. The van der Waals surface area contributed by atoms with Crippen LogP contribution in [0.4, 0.5) is 0 Å². The summed E-state index contributed by atoms with van der Waals surface area (Å²) >= 11 is 6.03. The molecule has 0 spiro atoms. The number of hydrogen-bond donors (Lipinski definition) is 0.